The Morgan fingerprint density at radius 1 is 0.533 bits per heavy atom. The normalized spacial score (nSPS) is 15.4. The lowest BCUT2D eigenvalue weighted by Gasteiger charge is -2.20. The zero-order chi connectivity index (χ0) is 44.6. The summed E-state index contributed by atoms with van der Waals surface area (Å²) in [7, 11) is -9.72. The van der Waals surface area contributed by atoms with Crippen LogP contribution in [0.1, 0.15) is 136 Å². The second-order valence-electron chi connectivity index (χ2n) is 14.1. The number of hydrogen-bond acceptors (Lipinski definition) is 11. The number of unbranched alkanes of at least 4 members (excludes halogenated alkanes) is 7. The Labute approximate surface area is 359 Å². The summed E-state index contributed by atoms with van der Waals surface area (Å²) in [5.41, 5.74) is 0. The molecule has 14 nitrogen and oxygen atoms in total. The van der Waals surface area contributed by atoms with Gasteiger partial charge in [-0.2, -0.15) is 0 Å². The summed E-state index contributed by atoms with van der Waals surface area (Å²) < 4.78 is 47.6. The smallest absolute Gasteiger partial charge is 0.462 e. The van der Waals surface area contributed by atoms with Crippen molar-refractivity contribution in [3.05, 3.63) is 85.1 Å². The molecule has 0 aromatic carbocycles. The largest absolute Gasteiger partial charge is 0.472 e. The number of phosphoric ester groups is 2. The number of aliphatic hydroxyl groups is 2. The topological polar surface area (TPSA) is 216 Å². The molecule has 0 radical (unpaired) electrons. The average Bonchev–Trinajstić information content (AvgIpc) is 3.20. The van der Waals surface area contributed by atoms with Crippen LogP contribution in [0.5, 0.6) is 0 Å². The first-order valence-corrected chi connectivity index (χ1v) is 24.4. The third-order valence-electron chi connectivity index (χ3n) is 8.32. The minimum atomic E-state index is -4.88. The van der Waals surface area contributed by atoms with Crippen LogP contribution in [0.4, 0.5) is 0 Å². The van der Waals surface area contributed by atoms with Crippen LogP contribution in [0.2, 0.25) is 0 Å². The first-order valence-electron chi connectivity index (χ1n) is 21.4. The van der Waals surface area contributed by atoms with Crippen LogP contribution in [0.25, 0.3) is 0 Å². The van der Waals surface area contributed by atoms with Gasteiger partial charge in [-0.1, -0.05) is 125 Å². The summed E-state index contributed by atoms with van der Waals surface area (Å²) in [5.74, 6) is -1.17. The fourth-order valence-corrected chi connectivity index (χ4v) is 6.17. The van der Waals surface area contributed by atoms with E-state index in [0.717, 1.165) is 70.6 Å². The minimum Gasteiger partial charge on any atom is -0.462 e. The standard InChI is InChI=1S/C44H74O14P2/c1-3-5-7-8-9-10-11-12-13-14-19-22-25-28-31-35-44(48)58-42(39-57-60(52,53)56-37-41(46)36-55-59(49,50)51)38-54-43(47)34-30-27-24-21-18-16-15-17-20-23-26-29-33-40(45)32-6-4-2/h9-10,12-13,15-16,19-24,29,33,40-42,45-46H,3-8,11,14,17-18,25-28,30-32,34-39H2,1-2H3,(H,52,53)(H2,49,50,51)/b10-9-,13-12-,16-15-,22-19-,23-20-,24-21-,33-29-/t40-,41-,42+/m0/s1. The fourth-order valence-electron chi connectivity index (χ4n) is 5.01. The summed E-state index contributed by atoms with van der Waals surface area (Å²) in [5, 5.41) is 19.5. The molecule has 0 rings (SSSR count). The fraction of sp³-hybridized carbons (Fsp3) is 0.636. The maximum absolute atomic E-state index is 12.6. The summed E-state index contributed by atoms with van der Waals surface area (Å²) in [6.45, 7) is 1.44. The average molecular weight is 889 g/mol. The van der Waals surface area contributed by atoms with Gasteiger partial charge in [-0.15, -0.1) is 0 Å². The number of carbonyl (C=O) groups excluding carboxylic acids is 2. The minimum absolute atomic E-state index is 0.0582. The number of carbonyl (C=O) groups is 2. The molecule has 0 aliphatic rings. The van der Waals surface area contributed by atoms with Gasteiger partial charge in [0.15, 0.2) is 6.10 Å². The Kier molecular flexibility index (Phi) is 37.3. The van der Waals surface area contributed by atoms with Gasteiger partial charge < -0.3 is 34.4 Å². The highest BCUT2D eigenvalue weighted by Gasteiger charge is 2.28. The van der Waals surface area contributed by atoms with E-state index in [4.69, 9.17) is 23.8 Å². The van der Waals surface area contributed by atoms with E-state index in [-0.39, 0.29) is 18.9 Å². The number of rotatable bonds is 39. The molecule has 0 bridgehead atoms. The van der Waals surface area contributed by atoms with E-state index in [9.17, 15) is 33.8 Å². The van der Waals surface area contributed by atoms with E-state index >= 15 is 0 Å². The van der Waals surface area contributed by atoms with Crippen molar-refractivity contribution in [1.29, 1.82) is 0 Å². The Balaban J connectivity index is 4.73. The van der Waals surface area contributed by atoms with Gasteiger partial charge in [-0.05, 0) is 83.5 Å². The molecule has 0 saturated heterocycles. The SMILES string of the molecule is CCCCC/C=C\C/C=C\C/C=C\CCCCC(=O)O[C@H](COC(=O)CCC/C=C\C/C=C\C/C=C\C/C=C\[C@@H](O)CCCC)COP(=O)(O)OC[C@@H](O)COP(=O)(O)O. The lowest BCUT2D eigenvalue weighted by Crippen LogP contribution is -2.29. The molecule has 0 aliphatic heterocycles. The van der Waals surface area contributed by atoms with Crippen LogP contribution in [-0.4, -0.2) is 81.6 Å². The van der Waals surface area contributed by atoms with Crippen LogP contribution >= 0.6 is 15.6 Å². The number of ether oxygens (including phenoxy) is 2. The van der Waals surface area contributed by atoms with Crippen LogP contribution in [0.3, 0.4) is 0 Å². The lowest BCUT2D eigenvalue weighted by molar-refractivity contribution is -0.161. The summed E-state index contributed by atoms with van der Waals surface area (Å²) in [6, 6.07) is 0. The number of esters is 2. The van der Waals surface area contributed by atoms with Gasteiger partial charge in [-0.25, -0.2) is 9.13 Å². The van der Waals surface area contributed by atoms with Crippen molar-refractivity contribution in [2.45, 2.75) is 154 Å². The van der Waals surface area contributed by atoms with Crippen LogP contribution in [0, 0.1) is 0 Å². The third-order valence-corrected chi connectivity index (χ3v) is 9.75. The van der Waals surface area contributed by atoms with Crippen molar-refractivity contribution in [1.82, 2.24) is 0 Å². The molecule has 4 atom stereocenters. The Morgan fingerprint density at radius 2 is 1.00 bits per heavy atom. The maximum atomic E-state index is 12.6. The molecule has 16 heteroatoms. The van der Waals surface area contributed by atoms with Crippen molar-refractivity contribution >= 4 is 27.6 Å². The van der Waals surface area contributed by atoms with Crippen LogP contribution < -0.4 is 0 Å². The van der Waals surface area contributed by atoms with Gasteiger partial charge in [0.2, 0.25) is 0 Å². The van der Waals surface area contributed by atoms with Gasteiger partial charge in [0.05, 0.1) is 25.9 Å². The quantitative estimate of drug-likeness (QED) is 0.0168. The number of phosphoric acid groups is 2. The first-order chi connectivity index (χ1) is 28.8. The zero-order valence-electron chi connectivity index (χ0n) is 35.9. The predicted octanol–water partition coefficient (Wildman–Crippen LogP) is 9.75. The molecular weight excluding hydrogens is 814 g/mol. The predicted molar refractivity (Wildman–Crippen MR) is 236 cm³/mol. The van der Waals surface area contributed by atoms with Gasteiger partial charge in [-0.3, -0.25) is 23.2 Å². The van der Waals surface area contributed by atoms with E-state index in [1.165, 1.54) is 19.3 Å². The molecule has 1 unspecified atom stereocenters. The van der Waals surface area contributed by atoms with E-state index in [1.54, 1.807) is 0 Å². The van der Waals surface area contributed by atoms with Gasteiger partial charge in [0.25, 0.3) is 0 Å². The van der Waals surface area contributed by atoms with E-state index in [2.05, 4.69) is 83.7 Å². The van der Waals surface area contributed by atoms with Crippen LogP contribution in [0.15, 0.2) is 85.1 Å². The van der Waals surface area contributed by atoms with Crippen molar-refractivity contribution in [2.75, 3.05) is 26.4 Å². The Morgan fingerprint density at radius 3 is 1.55 bits per heavy atom. The van der Waals surface area contributed by atoms with Crippen molar-refractivity contribution in [2.24, 2.45) is 0 Å². The Hall–Kier alpha value is -2.74. The summed E-state index contributed by atoms with van der Waals surface area (Å²) in [6.07, 6.45) is 40.6. The molecule has 60 heavy (non-hydrogen) atoms. The summed E-state index contributed by atoms with van der Waals surface area (Å²) in [4.78, 5) is 52.6. The summed E-state index contributed by atoms with van der Waals surface area (Å²) >= 11 is 0. The number of aliphatic hydroxyl groups excluding tert-OH is 2. The van der Waals surface area contributed by atoms with Crippen LogP contribution in [-0.2, 0) is 41.8 Å². The molecule has 0 aliphatic carbocycles. The van der Waals surface area contributed by atoms with Crippen molar-refractivity contribution in [3.8, 4) is 0 Å². The number of hydrogen-bond donors (Lipinski definition) is 5. The first kappa shape index (κ1) is 57.3. The maximum Gasteiger partial charge on any atom is 0.472 e. The van der Waals surface area contributed by atoms with Gasteiger partial charge >= 0.3 is 27.6 Å². The zero-order valence-corrected chi connectivity index (χ0v) is 37.7. The molecule has 0 amide bonds. The molecule has 0 fully saturated rings. The van der Waals surface area contributed by atoms with Gasteiger partial charge in [0, 0.05) is 12.8 Å². The number of allylic oxidation sites excluding steroid dienone is 13. The highest BCUT2D eigenvalue weighted by molar-refractivity contribution is 7.47. The third kappa shape index (κ3) is 42.0. The van der Waals surface area contributed by atoms with Crippen molar-refractivity contribution in [3.63, 3.8) is 0 Å². The molecule has 0 aromatic rings. The monoisotopic (exact) mass is 888 g/mol. The Bertz CT molecular complexity index is 1400. The molecule has 0 aromatic heterocycles. The lowest BCUT2D eigenvalue weighted by atomic mass is 10.1. The molecule has 0 heterocycles. The highest BCUT2D eigenvalue weighted by atomic mass is 31.2. The molecular formula is C44H74O14P2. The molecule has 0 spiro atoms. The van der Waals surface area contributed by atoms with E-state index in [0.29, 0.717) is 19.3 Å². The van der Waals surface area contributed by atoms with E-state index < -0.39 is 66.2 Å². The van der Waals surface area contributed by atoms with Crippen molar-refractivity contribution < 1.29 is 66.7 Å². The molecule has 0 saturated carbocycles. The molecule has 5 N–H and O–H groups in total. The second kappa shape index (κ2) is 39.1. The van der Waals surface area contributed by atoms with Gasteiger partial charge in [0.1, 0.15) is 12.7 Å². The van der Waals surface area contributed by atoms with E-state index in [1.807, 2.05) is 24.3 Å². The molecule has 344 valence electrons. The highest BCUT2D eigenvalue weighted by Crippen LogP contribution is 2.43. The second-order valence-corrected chi connectivity index (χ2v) is 16.8.